The van der Waals surface area contributed by atoms with Crippen LogP contribution in [-0.2, 0) is 16.6 Å². The van der Waals surface area contributed by atoms with Crippen LogP contribution in [0.4, 0.5) is 13.2 Å². The molecule has 0 aliphatic heterocycles. The Kier molecular flexibility index (Phi) is 3.04. The summed E-state index contributed by atoms with van der Waals surface area (Å²) >= 11 is 0. The van der Waals surface area contributed by atoms with Gasteiger partial charge in [-0.2, -0.15) is 18.3 Å². The second kappa shape index (κ2) is 4.72. The topological polar surface area (TPSA) is 78.0 Å². The molecular formula is C16H16F3N3O2. The minimum Gasteiger partial charge on any atom is -0.385 e. The zero-order chi connectivity index (χ0) is 17.3. The van der Waals surface area contributed by atoms with Gasteiger partial charge in [0.25, 0.3) is 0 Å². The zero-order valence-electron chi connectivity index (χ0n) is 12.8. The monoisotopic (exact) mass is 339 g/mol. The fraction of sp³-hybridized carbons (Fsp3) is 0.500. The molecule has 128 valence electrons. The first-order chi connectivity index (χ1) is 11.2. The molecule has 2 aliphatic carbocycles. The van der Waals surface area contributed by atoms with Crippen LogP contribution in [0.15, 0.2) is 18.3 Å². The lowest BCUT2D eigenvalue weighted by molar-refractivity contribution is -0.137. The molecule has 2 fully saturated rings. The number of amides is 1. The first-order valence-electron chi connectivity index (χ1n) is 7.73. The first-order valence-corrected chi connectivity index (χ1v) is 7.73. The van der Waals surface area contributed by atoms with E-state index in [1.165, 1.54) is 13.1 Å². The summed E-state index contributed by atoms with van der Waals surface area (Å²) in [5.41, 5.74) is -1.61. The summed E-state index contributed by atoms with van der Waals surface area (Å²) in [5.74, 6) is 0.0834. The molecule has 0 saturated heterocycles. The van der Waals surface area contributed by atoms with Crippen molar-refractivity contribution < 1.29 is 23.1 Å². The summed E-state index contributed by atoms with van der Waals surface area (Å²) in [7, 11) is 0. The Labute approximate surface area is 135 Å². The van der Waals surface area contributed by atoms with Gasteiger partial charge in [0.15, 0.2) is 0 Å². The summed E-state index contributed by atoms with van der Waals surface area (Å²) in [6, 6.07) is 2.05. The normalized spacial score (nSPS) is 32.0. The molecule has 4 rings (SSSR count). The number of rotatable bonds is 2. The molecule has 8 heteroatoms. The summed E-state index contributed by atoms with van der Waals surface area (Å²) in [5, 5.41) is 20.7. The lowest BCUT2D eigenvalue weighted by atomic mass is 9.85. The molecule has 2 aliphatic rings. The summed E-state index contributed by atoms with van der Waals surface area (Å²) in [6.07, 6.45) is -2.38. The zero-order valence-corrected chi connectivity index (χ0v) is 12.8. The van der Waals surface area contributed by atoms with Gasteiger partial charge in [0.2, 0.25) is 5.91 Å². The Hall–Kier alpha value is -2.09. The number of aromatic amines is 1. The smallest absolute Gasteiger partial charge is 0.385 e. The van der Waals surface area contributed by atoms with E-state index in [9.17, 15) is 23.1 Å². The van der Waals surface area contributed by atoms with Crippen molar-refractivity contribution in [3.05, 3.63) is 29.5 Å². The molecule has 1 aromatic heterocycles. The van der Waals surface area contributed by atoms with Crippen LogP contribution < -0.4 is 5.32 Å². The molecule has 24 heavy (non-hydrogen) atoms. The van der Waals surface area contributed by atoms with Crippen molar-refractivity contribution in [1.29, 1.82) is 0 Å². The van der Waals surface area contributed by atoms with Crippen molar-refractivity contribution in [1.82, 2.24) is 15.5 Å². The van der Waals surface area contributed by atoms with E-state index in [2.05, 4.69) is 15.5 Å². The van der Waals surface area contributed by atoms with Gasteiger partial charge < -0.3 is 10.4 Å². The number of hydrogen-bond donors (Lipinski definition) is 3. The number of nitrogens with one attached hydrogen (secondary N) is 2. The van der Waals surface area contributed by atoms with Crippen LogP contribution in [0, 0.1) is 11.8 Å². The standard InChI is InChI=1S/C16H16F3N3O2/c1-7(23)21-14-9-4-15(24,5-10(9)14)12-2-8(16(17,18)19)3-13-11(12)6-20-22-13/h2-3,6,9-10,14,24H,4-5H2,1H3,(H,20,22)(H,21,23)/t9-,10+,14-,15+. The van der Waals surface area contributed by atoms with Gasteiger partial charge in [-0.05, 0) is 42.4 Å². The minimum absolute atomic E-state index is 0.0217. The maximum atomic E-state index is 13.1. The van der Waals surface area contributed by atoms with E-state index in [0.717, 1.165) is 12.1 Å². The fourth-order valence-corrected chi connectivity index (χ4v) is 4.13. The van der Waals surface area contributed by atoms with Gasteiger partial charge in [-0.3, -0.25) is 9.89 Å². The van der Waals surface area contributed by atoms with Crippen LogP contribution in [0.5, 0.6) is 0 Å². The Bertz CT molecular complexity index is 818. The second-order valence-electron chi connectivity index (χ2n) is 6.85. The van der Waals surface area contributed by atoms with E-state index >= 15 is 0 Å². The van der Waals surface area contributed by atoms with Crippen molar-refractivity contribution in [3.8, 4) is 0 Å². The third-order valence-corrected chi connectivity index (χ3v) is 5.24. The second-order valence-corrected chi connectivity index (χ2v) is 6.85. The highest BCUT2D eigenvalue weighted by molar-refractivity contribution is 5.83. The Morgan fingerprint density at radius 3 is 2.62 bits per heavy atom. The fourth-order valence-electron chi connectivity index (χ4n) is 4.13. The highest BCUT2D eigenvalue weighted by atomic mass is 19.4. The number of carbonyl (C=O) groups excluding carboxylic acids is 1. The molecule has 2 aromatic rings. The lowest BCUT2D eigenvalue weighted by Gasteiger charge is -2.28. The van der Waals surface area contributed by atoms with Crippen LogP contribution >= 0.6 is 0 Å². The predicted molar refractivity (Wildman–Crippen MR) is 78.8 cm³/mol. The van der Waals surface area contributed by atoms with Crippen molar-refractivity contribution >= 4 is 16.8 Å². The Balaban J connectivity index is 1.70. The highest BCUT2D eigenvalue weighted by Crippen LogP contribution is 2.60. The van der Waals surface area contributed by atoms with Crippen molar-refractivity contribution in [3.63, 3.8) is 0 Å². The maximum absolute atomic E-state index is 13.1. The van der Waals surface area contributed by atoms with Crippen molar-refractivity contribution in [2.75, 3.05) is 0 Å². The van der Waals surface area contributed by atoms with E-state index in [4.69, 9.17) is 0 Å². The van der Waals surface area contributed by atoms with Gasteiger partial charge in [0, 0.05) is 18.4 Å². The number of halogens is 3. The summed E-state index contributed by atoms with van der Waals surface area (Å²) in [6.45, 7) is 1.43. The quantitative estimate of drug-likeness (QED) is 0.786. The first kappa shape index (κ1) is 15.4. The van der Waals surface area contributed by atoms with Crippen molar-refractivity contribution in [2.24, 2.45) is 11.8 Å². The molecule has 3 N–H and O–H groups in total. The third kappa shape index (κ3) is 2.28. The van der Waals surface area contributed by atoms with Gasteiger partial charge >= 0.3 is 6.18 Å². The van der Waals surface area contributed by atoms with Crippen LogP contribution in [0.3, 0.4) is 0 Å². The number of aliphatic hydroxyl groups is 1. The SMILES string of the molecule is CC(=O)N[C@@H]1[C@@H]2C[C@@](O)(c3cc(C(F)(F)F)cc4[nH]ncc34)C[C@@H]21. The van der Waals surface area contributed by atoms with E-state index in [1.54, 1.807) is 0 Å². The maximum Gasteiger partial charge on any atom is 0.416 e. The van der Waals surface area contributed by atoms with Gasteiger partial charge in [0.05, 0.1) is 22.9 Å². The van der Waals surface area contributed by atoms with Crippen LogP contribution in [-0.4, -0.2) is 27.3 Å². The largest absolute Gasteiger partial charge is 0.416 e. The third-order valence-electron chi connectivity index (χ3n) is 5.24. The molecule has 5 nitrogen and oxygen atoms in total. The van der Waals surface area contributed by atoms with Gasteiger partial charge in [-0.1, -0.05) is 0 Å². The number of alkyl halides is 3. The van der Waals surface area contributed by atoms with E-state index in [1.807, 2.05) is 0 Å². The lowest BCUT2D eigenvalue weighted by Crippen LogP contribution is -2.32. The highest BCUT2D eigenvalue weighted by Gasteiger charge is 2.62. The average molecular weight is 339 g/mol. The predicted octanol–water partition coefficient (Wildman–Crippen LogP) is 2.31. The molecule has 0 unspecified atom stereocenters. The molecular weight excluding hydrogens is 323 g/mol. The van der Waals surface area contributed by atoms with Gasteiger partial charge in [-0.15, -0.1) is 0 Å². The van der Waals surface area contributed by atoms with Crippen molar-refractivity contribution in [2.45, 2.75) is 37.6 Å². The number of H-pyrrole nitrogens is 1. The number of fused-ring (bicyclic) bond motifs is 2. The molecule has 1 amide bonds. The number of carbonyl (C=O) groups is 1. The molecule has 0 bridgehead atoms. The Morgan fingerprint density at radius 2 is 2.04 bits per heavy atom. The average Bonchev–Trinajstić information content (AvgIpc) is 2.89. The molecule has 4 atom stereocenters. The number of nitrogens with zero attached hydrogens (tertiary/aromatic N) is 1. The summed E-state index contributed by atoms with van der Waals surface area (Å²) in [4.78, 5) is 11.1. The molecule has 0 radical (unpaired) electrons. The van der Waals surface area contributed by atoms with Gasteiger partial charge in [0.1, 0.15) is 0 Å². The van der Waals surface area contributed by atoms with E-state index in [0.29, 0.717) is 18.2 Å². The van der Waals surface area contributed by atoms with E-state index < -0.39 is 17.3 Å². The Morgan fingerprint density at radius 1 is 1.38 bits per heavy atom. The number of aromatic nitrogens is 2. The molecule has 1 aromatic carbocycles. The summed E-state index contributed by atoms with van der Waals surface area (Å²) < 4.78 is 39.4. The molecule has 0 spiro atoms. The van der Waals surface area contributed by atoms with E-state index in [-0.39, 0.29) is 34.9 Å². The number of benzene rings is 1. The molecule has 2 saturated carbocycles. The number of hydrogen-bond acceptors (Lipinski definition) is 3. The van der Waals surface area contributed by atoms with Crippen LogP contribution in [0.1, 0.15) is 30.9 Å². The minimum atomic E-state index is -4.50. The van der Waals surface area contributed by atoms with Crippen LogP contribution in [0.2, 0.25) is 0 Å². The molecule has 1 heterocycles. The van der Waals surface area contributed by atoms with Gasteiger partial charge in [-0.25, -0.2) is 0 Å². The van der Waals surface area contributed by atoms with Crippen LogP contribution in [0.25, 0.3) is 10.9 Å².